The van der Waals surface area contributed by atoms with Crippen molar-refractivity contribution in [1.82, 2.24) is 5.32 Å². The van der Waals surface area contributed by atoms with Gasteiger partial charge in [-0.25, -0.2) is 8.42 Å². The quantitative estimate of drug-likeness (QED) is 0.591. The maximum atomic E-state index is 12.7. The predicted octanol–water partition coefficient (Wildman–Crippen LogP) is 3.82. The van der Waals surface area contributed by atoms with Crippen molar-refractivity contribution in [2.75, 3.05) is 11.3 Å². The normalized spacial score (nSPS) is 10.9. The number of carbonyl (C=O) groups is 1. The second kappa shape index (κ2) is 9.25. The highest BCUT2D eigenvalue weighted by atomic mass is 32.2. The lowest BCUT2D eigenvalue weighted by Gasteiger charge is -2.14. The number of carbonyl (C=O) groups excluding carboxylic acids is 1. The van der Waals surface area contributed by atoms with E-state index in [1.807, 2.05) is 31.2 Å². The molecule has 0 aliphatic heterocycles. The summed E-state index contributed by atoms with van der Waals surface area (Å²) in [5, 5.41) is 2.83. The number of ether oxygens (including phenoxy) is 1. The van der Waals surface area contributed by atoms with Gasteiger partial charge >= 0.3 is 0 Å². The van der Waals surface area contributed by atoms with Crippen LogP contribution in [0.1, 0.15) is 22.8 Å². The number of hydrogen-bond donors (Lipinski definition) is 2. The third-order valence-electron chi connectivity index (χ3n) is 4.18. The van der Waals surface area contributed by atoms with Crippen LogP contribution >= 0.6 is 0 Å². The Balaban J connectivity index is 1.78. The highest BCUT2D eigenvalue weighted by molar-refractivity contribution is 7.92. The highest BCUT2D eigenvalue weighted by Crippen LogP contribution is 2.21. The molecule has 150 valence electrons. The Morgan fingerprint density at radius 1 is 0.897 bits per heavy atom. The summed E-state index contributed by atoms with van der Waals surface area (Å²) in [5.74, 6) is 0.316. The molecule has 0 fully saturated rings. The van der Waals surface area contributed by atoms with Gasteiger partial charge in [0.1, 0.15) is 5.75 Å². The van der Waals surface area contributed by atoms with Crippen LogP contribution in [-0.4, -0.2) is 20.9 Å². The van der Waals surface area contributed by atoms with E-state index < -0.39 is 10.0 Å². The van der Waals surface area contributed by atoms with Crippen molar-refractivity contribution < 1.29 is 17.9 Å². The molecule has 3 aromatic carbocycles. The van der Waals surface area contributed by atoms with E-state index in [9.17, 15) is 13.2 Å². The van der Waals surface area contributed by atoms with Crippen LogP contribution in [0.25, 0.3) is 0 Å². The van der Waals surface area contributed by atoms with Crippen LogP contribution in [0.3, 0.4) is 0 Å². The molecule has 0 spiro atoms. The molecule has 0 aliphatic carbocycles. The maximum absolute atomic E-state index is 12.7. The van der Waals surface area contributed by atoms with Gasteiger partial charge in [0.05, 0.1) is 22.8 Å². The molecular formula is C22H22N2O4S. The summed E-state index contributed by atoms with van der Waals surface area (Å²) in [6, 6.07) is 21.9. The largest absolute Gasteiger partial charge is 0.494 e. The average molecular weight is 410 g/mol. The van der Waals surface area contributed by atoms with Crippen molar-refractivity contribution >= 4 is 21.6 Å². The van der Waals surface area contributed by atoms with E-state index in [1.165, 1.54) is 12.1 Å². The second-order valence-corrected chi connectivity index (χ2v) is 7.87. The van der Waals surface area contributed by atoms with Gasteiger partial charge in [-0.3, -0.25) is 9.52 Å². The first kappa shape index (κ1) is 20.4. The Kier molecular flexibility index (Phi) is 6.51. The van der Waals surface area contributed by atoms with Gasteiger partial charge < -0.3 is 10.1 Å². The molecular weight excluding hydrogens is 388 g/mol. The van der Waals surface area contributed by atoms with Gasteiger partial charge in [0.2, 0.25) is 0 Å². The molecule has 0 unspecified atom stereocenters. The number of sulfonamides is 1. The summed E-state index contributed by atoms with van der Waals surface area (Å²) in [4.78, 5) is 12.9. The molecule has 3 aromatic rings. The first-order chi connectivity index (χ1) is 14.0. The summed E-state index contributed by atoms with van der Waals surface area (Å²) >= 11 is 0. The lowest BCUT2D eigenvalue weighted by atomic mass is 10.1. The molecule has 7 heteroatoms. The van der Waals surface area contributed by atoms with Gasteiger partial charge in [-0.2, -0.15) is 0 Å². The monoisotopic (exact) mass is 410 g/mol. The van der Waals surface area contributed by atoms with Crippen molar-refractivity contribution in [3.63, 3.8) is 0 Å². The molecule has 0 radical (unpaired) electrons. The minimum atomic E-state index is -3.80. The molecule has 1 amide bonds. The SMILES string of the molecule is CCOc1ccccc1CNC(=O)c1ccccc1NS(=O)(=O)c1ccccc1. The van der Waals surface area contributed by atoms with Gasteiger partial charge in [-0.05, 0) is 37.3 Å². The number of para-hydroxylation sites is 2. The highest BCUT2D eigenvalue weighted by Gasteiger charge is 2.18. The molecule has 0 heterocycles. The van der Waals surface area contributed by atoms with Crippen LogP contribution in [0.5, 0.6) is 5.75 Å². The minimum absolute atomic E-state index is 0.126. The van der Waals surface area contributed by atoms with Crippen LogP contribution in [0.4, 0.5) is 5.69 Å². The Labute approximate surface area is 170 Å². The second-order valence-electron chi connectivity index (χ2n) is 6.19. The number of amides is 1. The lowest BCUT2D eigenvalue weighted by Crippen LogP contribution is -2.25. The van der Waals surface area contributed by atoms with Crippen LogP contribution in [0, 0.1) is 0 Å². The fourth-order valence-electron chi connectivity index (χ4n) is 2.79. The molecule has 0 aliphatic rings. The van der Waals surface area contributed by atoms with E-state index in [0.29, 0.717) is 12.4 Å². The van der Waals surface area contributed by atoms with Crippen LogP contribution < -0.4 is 14.8 Å². The Hall–Kier alpha value is -3.32. The molecule has 0 aromatic heterocycles. The molecule has 0 saturated heterocycles. The van der Waals surface area contributed by atoms with Crippen LogP contribution in [0.2, 0.25) is 0 Å². The van der Waals surface area contributed by atoms with Crippen LogP contribution in [-0.2, 0) is 16.6 Å². The van der Waals surface area contributed by atoms with E-state index in [4.69, 9.17) is 4.74 Å². The molecule has 0 bridgehead atoms. The van der Waals surface area contributed by atoms with Crippen molar-refractivity contribution in [3.05, 3.63) is 90.0 Å². The molecule has 2 N–H and O–H groups in total. The molecule has 29 heavy (non-hydrogen) atoms. The van der Waals surface area contributed by atoms with Crippen molar-refractivity contribution in [2.45, 2.75) is 18.4 Å². The van der Waals surface area contributed by atoms with Crippen LogP contribution in [0.15, 0.2) is 83.8 Å². The van der Waals surface area contributed by atoms with Crippen molar-refractivity contribution in [1.29, 1.82) is 0 Å². The van der Waals surface area contributed by atoms with E-state index in [-0.39, 0.29) is 28.6 Å². The Morgan fingerprint density at radius 3 is 2.31 bits per heavy atom. The molecule has 0 atom stereocenters. The predicted molar refractivity (Wildman–Crippen MR) is 112 cm³/mol. The fraction of sp³-hybridized carbons (Fsp3) is 0.136. The van der Waals surface area contributed by atoms with Gasteiger partial charge in [-0.1, -0.05) is 48.5 Å². The fourth-order valence-corrected chi connectivity index (χ4v) is 3.89. The Morgan fingerprint density at radius 2 is 1.55 bits per heavy atom. The van der Waals surface area contributed by atoms with Gasteiger partial charge in [0.25, 0.3) is 15.9 Å². The smallest absolute Gasteiger partial charge is 0.261 e. The summed E-state index contributed by atoms with van der Waals surface area (Å²) in [7, 11) is -3.80. The average Bonchev–Trinajstić information content (AvgIpc) is 2.74. The number of benzene rings is 3. The van der Waals surface area contributed by atoms with E-state index in [2.05, 4.69) is 10.0 Å². The summed E-state index contributed by atoms with van der Waals surface area (Å²) < 4.78 is 33.3. The third-order valence-corrected chi connectivity index (χ3v) is 5.56. The summed E-state index contributed by atoms with van der Waals surface area (Å²) in [6.45, 7) is 2.67. The molecule has 0 saturated carbocycles. The first-order valence-corrected chi connectivity index (χ1v) is 10.7. The zero-order valence-corrected chi connectivity index (χ0v) is 16.8. The van der Waals surface area contributed by atoms with Gasteiger partial charge in [-0.15, -0.1) is 0 Å². The number of rotatable bonds is 8. The number of nitrogens with one attached hydrogen (secondary N) is 2. The first-order valence-electron chi connectivity index (χ1n) is 9.17. The molecule has 6 nitrogen and oxygen atoms in total. The number of hydrogen-bond acceptors (Lipinski definition) is 4. The molecule has 3 rings (SSSR count). The van der Waals surface area contributed by atoms with E-state index in [0.717, 1.165) is 5.56 Å². The maximum Gasteiger partial charge on any atom is 0.261 e. The number of anilines is 1. The minimum Gasteiger partial charge on any atom is -0.494 e. The Bertz CT molecular complexity index is 1080. The van der Waals surface area contributed by atoms with Crippen molar-refractivity contribution in [3.8, 4) is 5.75 Å². The topological polar surface area (TPSA) is 84.5 Å². The van der Waals surface area contributed by atoms with Crippen molar-refractivity contribution in [2.24, 2.45) is 0 Å². The third kappa shape index (κ3) is 5.14. The van der Waals surface area contributed by atoms with Gasteiger partial charge in [0, 0.05) is 12.1 Å². The summed E-state index contributed by atoms with van der Waals surface area (Å²) in [6.07, 6.45) is 0. The van der Waals surface area contributed by atoms with E-state index in [1.54, 1.807) is 42.5 Å². The standard InChI is InChI=1S/C22H22N2O4S/c1-2-28-21-15-9-6-10-17(21)16-23-22(25)19-13-7-8-14-20(19)24-29(26,27)18-11-4-3-5-12-18/h3-15,24H,2,16H2,1H3,(H,23,25). The van der Waals surface area contributed by atoms with E-state index >= 15 is 0 Å². The summed E-state index contributed by atoms with van der Waals surface area (Å²) in [5.41, 5.74) is 1.29. The zero-order valence-electron chi connectivity index (χ0n) is 16.0. The lowest BCUT2D eigenvalue weighted by molar-refractivity contribution is 0.0951. The zero-order chi connectivity index (χ0) is 20.7. The van der Waals surface area contributed by atoms with Gasteiger partial charge in [0.15, 0.2) is 0 Å².